The first-order valence-electron chi connectivity index (χ1n) is 7.67. The molecule has 4 nitrogen and oxygen atoms in total. The van der Waals surface area contributed by atoms with Gasteiger partial charge in [0.15, 0.2) is 0 Å². The van der Waals surface area contributed by atoms with Gasteiger partial charge in [-0.15, -0.1) is 0 Å². The second-order valence-electron chi connectivity index (χ2n) is 5.28. The summed E-state index contributed by atoms with van der Waals surface area (Å²) in [6.45, 7) is 3.54. The zero-order valence-corrected chi connectivity index (χ0v) is 14.5. The van der Waals surface area contributed by atoms with Gasteiger partial charge in [-0.05, 0) is 37.3 Å². The maximum atomic E-state index is 12.2. The van der Waals surface area contributed by atoms with Crippen LogP contribution in [0, 0.1) is 0 Å². The Morgan fingerprint density at radius 3 is 2.83 bits per heavy atom. The lowest BCUT2D eigenvalue weighted by Gasteiger charge is -2.08. The molecule has 0 saturated carbocycles. The Morgan fingerprint density at radius 1 is 1.22 bits per heavy atom. The van der Waals surface area contributed by atoms with Gasteiger partial charge in [-0.3, -0.25) is 4.79 Å². The molecule has 0 fully saturated rings. The molecule has 1 N–H and O–H groups in total. The number of carbonyl (C=O) groups excluding carboxylic acids is 1. The number of benzene rings is 2. The zero-order valence-electron chi connectivity index (χ0n) is 12.9. The minimum Gasteiger partial charge on any atom is -0.352 e. The molecule has 3 rings (SSSR count). The number of nitrogens with one attached hydrogen (secondary N) is 1. The Balaban J connectivity index is 1.68. The molecule has 0 spiro atoms. The highest BCUT2D eigenvalue weighted by Gasteiger charge is 2.10. The third kappa shape index (κ3) is 3.45. The standard InChI is InChI=1S/C18H18BrN3O/c1-2-22-16-9-4-3-8-15(16)21-17(22)10-11-20-18(23)13-6-5-7-14(19)12-13/h3-9,12H,2,10-11H2,1H3,(H,20,23). The van der Waals surface area contributed by atoms with Gasteiger partial charge in [-0.2, -0.15) is 0 Å². The smallest absolute Gasteiger partial charge is 0.251 e. The monoisotopic (exact) mass is 371 g/mol. The van der Waals surface area contributed by atoms with E-state index in [9.17, 15) is 4.79 Å². The summed E-state index contributed by atoms with van der Waals surface area (Å²) in [5.41, 5.74) is 2.80. The number of hydrogen-bond donors (Lipinski definition) is 1. The van der Waals surface area contributed by atoms with Gasteiger partial charge in [0.1, 0.15) is 5.82 Å². The first-order chi connectivity index (χ1) is 11.2. The van der Waals surface area contributed by atoms with E-state index in [2.05, 4.69) is 43.8 Å². The van der Waals surface area contributed by atoms with E-state index in [-0.39, 0.29) is 5.91 Å². The average Bonchev–Trinajstić information content (AvgIpc) is 2.92. The molecule has 1 aromatic heterocycles. The largest absolute Gasteiger partial charge is 0.352 e. The number of para-hydroxylation sites is 2. The molecule has 2 aromatic carbocycles. The van der Waals surface area contributed by atoms with Crippen molar-refractivity contribution < 1.29 is 4.79 Å². The van der Waals surface area contributed by atoms with Crippen molar-refractivity contribution >= 4 is 32.9 Å². The summed E-state index contributed by atoms with van der Waals surface area (Å²) in [7, 11) is 0. The Bertz CT molecular complexity index is 841. The lowest BCUT2D eigenvalue weighted by atomic mass is 10.2. The minimum atomic E-state index is -0.0644. The third-order valence-corrected chi connectivity index (χ3v) is 4.26. The number of amides is 1. The second kappa shape index (κ2) is 6.96. The molecule has 0 aliphatic carbocycles. The van der Waals surface area contributed by atoms with Gasteiger partial charge in [-0.1, -0.05) is 34.1 Å². The fourth-order valence-electron chi connectivity index (χ4n) is 2.69. The second-order valence-corrected chi connectivity index (χ2v) is 6.19. The molecule has 23 heavy (non-hydrogen) atoms. The summed E-state index contributed by atoms with van der Waals surface area (Å²) in [4.78, 5) is 16.8. The number of nitrogens with zero attached hydrogens (tertiary/aromatic N) is 2. The van der Waals surface area contributed by atoms with E-state index in [0.29, 0.717) is 18.5 Å². The first-order valence-corrected chi connectivity index (χ1v) is 8.46. The molecular formula is C18H18BrN3O. The number of aromatic nitrogens is 2. The normalized spacial score (nSPS) is 10.9. The first kappa shape index (κ1) is 15.7. The number of fused-ring (bicyclic) bond motifs is 1. The number of aryl methyl sites for hydroxylation is 1. The summed E-state index contributed by atoms with van der Waals surface area (Å²) in [6.07, 6.45) is 0.711. The number of imidazole rings is 1. The van der Waals surface area contributed by atoms with Gasteiger partial charge in [0.2, 0.25) is 0 Å². The summed E-state index contributed by atoms with van der Waals surface area (Å²) in [6, 6.07) is 15.5. The Morgan fingerprint density at radius 2 is 2.04 bits per heavy atom. The number of carbonyl (C=O) groups is 1. The molecule has 0 bridgehead atoms. The number of hydrogen-bond acceptors (Lipinski definition) is 2. The molecule has 0 aliphatic rings. The van der Waals surface area contributed by atoms with Crippen molar-refractivity contribution in [3.63, 3.8) is 0 Å². The molecule has 0 aliphatic heterocycles. The Kier molecular flexibility index (Phi) is 4.76. The molecule has 0 atom stereocenters. The van der Waals surface area contributed by atoms with E-state index in [1.807, 2.05) is 36.4 Å². The summed E-state index contributed by atoms with van der Waals surface area (Å²) in [5, 5.41) is 2.96. The molecule has 0 unspecified atom stereocenters. The van der Waals surface area contributed by atoms with Crippen LogP contribution in [-0.2, 0) is 13.0 Å². The highest BCUT2D eigenvalue weighted by molar-refractivity contribution is 9.10. The van der Waals surface area contributed by atoms with Gasteiger partial charge in [-0.25, -0.2) is 4.98 Å². The Hall–Kier alpha value is -2.14. The van der Waals surface area contributed by atoms with Crippen molar-refractivity contribution in [3.8, 4) is 0 Å². The van der Waals surface area contributed by atoms with Crippen molar-refractivity contribution in [1.29, 1.82) is 0 Å². The predicted molar refractivity (Wildman–Crippen MR) is 95.6 cm³/mol. The van der Waals surface area contributed by atoms with E-state index in [1.165, 1.54) is 0 Å². The summed E-state index contributed by atoms with van der Waals surface area (Å²) in [5.74, 6) is 0.939. The van der Waals surface area contributed by atoms with Crippen LogP contribution in [0.2, 0.25) is 0 Å². The van der Waals surface area contributed by atoms with E-state index in [1.54, 1.807) is 6.07 Å². The van der Waals surface area contributed by atoms with Gasteiger partial charge in [0.05, 0.1) is 11.0 Å². The molecule has 1 heterocycles. The van der Waals surface area contributed by atoms with Crippen LogP contribution in [0.3, 0.4) is 0 Å². The van der Waals surface area contributed by atoms with Crippen LogP contribution in [0.25, 0.3) is 11.0 Å². The predicted octanol–water partition coefficient (Wildman–Crippen LogP) is 3.79. The SMILES string of the molecule is CCn1c(CCNC(=O)c2cccc(Br)c2)nc2ccccc21. The lowest BCUT2D eigenvalue weighted by Crippen LogP contribution is -2.26. The van der Waals surface area contributed by atoms with Crippen molar-refractivity contribution in [2.75, 3.05) is 6.54 Å². The molecule has 1 amide bonds. The van der Waals surface area contributed by atoms with Crippen LogP contribution < -0.4 is 5.32 Å². The fraction of sp³-hybridized carbons (Fsp3) is 0.222. The number of rotatable bonds is 5. The van der Waals surface area contributed by atoms with Gasteiger partial charge < -0.3 is 9.88 Å². The topological polar surface area (TPSA) is 46.9 Å². The molecule has 118 valence electrons. The quantitative estimate of drug-likeness (QED) is 0.741. The molecule has 3 aromatic rings. The van der Waals surface area contributed by atoms with E-state index in [4.69, 9.17) is 0 Å². The van der Waals surface area contributed by atoms with Crippen molar-refractivity contribution in [2.24, 2.45) is 0 Å². The van der Waals surface area contributed by atoms with Crippen LogP contribution in [-0.4, -0.2) is 22.0 Å². The highest BCUT2D eigenvalue weighted by atomic mass is 79.9. The molecule has 0 radical (unpaired) electrons. The van der Waals surface area contributed by atoms with E-state index in [0.717, 1.165) is 27.9 Å². The summed E-state index contributed by atoms with van der Waals surface area (Å²) < 4.78 is 3.10. The van der Waals surface area contributed by atoms with Crippen molar-refractivity contribution in [2.45, 2.75) is 19.9 Å². The maximum absolute atomic E-state index is 12.2. The average molecular weight is 372 g/mol. The van der Waals surface area contributed by atoms with Gasteiger partial charge in [0.25, 0.3) is 5.91 Å². The third-order valence-electron chi connectivity index (χ3n) is 3.77. The zero-order chi connectivity index (χ0) is 16.2. The lowest BCUT2D eigenvalue weighted by molar-refractivity contribution is 0.0954. The van der Waals surface area contributed by atoms with Crippen LogP contribution >= 0.6 is 15.9 Å². The highest BCUT2D eigenvalue weighted by Crippen LogP contribution is 2.16. The molecular weight excluding hydrogens is 354 g/mol. The fourth-order valence-corrected chi connectivity index (χ4v) is 3.09. The van der Waals surface area contributed by atoms with Crippen molar-refractivity contribution in [1.82, 2.24) is 14.9 Å². The minimum absolute atomic E-state index is 0.0644. The molecule has 5 heteroatoms. The number of halogens is 1. The van der Waals surface area contributed by atoms with Crippen LogP contribution in [0.5, 0.6) is 0 Å². The van der Waals surface area contributed by atoms with Crippen LogP contribution in [0.4, 0.5) is 0 Å². The van der Waals surface area contributed by atoms with Gasteiger partial charge in [0, 0.05) is 29.5 Å². The summed E-state index contributed by atoms with van der Waals surface area (Å²) >= 11 is 3.38. The van der Waals surface area contributed by atoms with E-state index < -0.39 is 0 Å². The van der Waals surface area contributed by atoms with Crippen molar-refractivity contribution in [3.05, 3.63) is 64.4 Å². The maximum Gasteiger partial charge on any atom is 0.251 e. The molecule has 0 saturated heterocycles. The van der Waals surface area contributed by atoms with Gasteiger partial charge >= 0.3 is 0 Å². The Labute approximate surface area is 143 Å². The van der Waals surface area contributed by atoms with Crippen LogP contribution in [0.15, 0.2) is 53.0 Å². The van der Waals surface area contributed by atoms with Crippen LogP contribution in [0.1, 0.15) is 23.1 Å². The van der Waals surface area contributed by atoms with E-state index >= 15 is 0 Å².